The maximum Gasteiger partial charge on any atom is 0.339 e. The maximum absolute atomic E-state index is 12.4. The lowest BCUT2D eigenvalue weighted by molar-refractivity contribution is 0.0470. The summed E-state index contributed by atoms with van der Waals surface area (Å²) in [6, 6.07) is 6.67. The quantitative estimate of drug-likeness (QED) is 0.172. The number of ether oxygens (including phenoxy) is 2. The van der Waals surface area contributed by atoms with Gasteiger partial charge in [-0.1, -0.05) is 89.5 Å². The number of unbranched alkanes of at least 4 members (excludes halogenated alkanes) is 9. The Labute approximate surface area is 176 Å². The van der Waals surface area contributed by atoms with Crippen molar-refractivity contribution in [2.75, 3.05) is 13.2 Å². The minimum absolute atomic E-state index is 0.217. The molecule has 4 nitrogen and oxygen atoms in total. The fourth-order valence-electron chi connectivity index (χ4n) is 3.04. The maximum atomic E-state index is 12.4. The van der Waals surface area contributed by atoms with Gasteiger partial charge in [0.1, 0.15) is 6.61 Å². The summed E-state index contributed by atoms with van der Waals surface area (Å²) in [5, 5.41) is 0. The van der Waals surface area contributed by atoms with Gasteiger partial charge >= 0.3 is 11.9 Å². The highest BCUT2D eigenvalue weighted by Gasteiger charge is 2.18. The van der Waals surface area contributed by atoms with Crippen LogP contribution in [0.1, 0.15) is 105 Å². The molecule has 0 heterocycles. The number of benzene rings is 1. The zero-order valence-electron chi connectivity index (χ0n) is 18.3. The third-order valence-electron chi connectivity index (χ3n) is 4.80. The molecule has 1 aromatic rings. The monoisotopic (exact) mass is 402 g/mol. The molecule has 162 valence electrons. The molecule has 0 aromatic heterocycles. The van der Waals surface area contributed by atoms with Crippen molar-refractivity contribution < 1.29 is 19.1 Å². The van der Waals surface area contributed by atoms with Gasteiger partial charge in [-0.05, 0) is 31.4 Å². The van der Waals surface area contributed by atoms with Crippen molar-refractivity contribution in [2.24, 2.45) is 0 Å². The number of rotatable bonds is 16. The minimum Gasteiger partial charge on any atom is -0.462 e. The van der Waals surface area contributed by atoms with E-state index in [0.717, 1.165) is 32.1 Å². The molecule has 0 bridgehead atoms. The van der Waals surface area contributed by atoms with E-state index in [1.165, 1.54) is 38.5 Å². The van der Waals surface area contributed by atoms with Crippen LogP contribution in [0.3, 0.4) is 0 Å². The van der Waals surface area contributed by atoms with Gasteiger partial charge in [-0.3, -0.25) is 0 Å². The molecular weight excluding hydrogens is 364 g/mol. The molecule has 0 spiro atoms. The van der Waals surface area contributed by atoms with E-state index >= 15 is 0 Å². The van der Waals surface area contributed by atoms with Crippen LogP contribution >= 0.6 is 0 Å². The number of carbonyl (C=O) groups excluding carboxylic acids is 2. The van der Waals surface area contributed by atoms with E-state index in [0.29, 0.717) is 6.61 Å². The van der Waals surface area contributed by atoms with Crippen molar-refractivity contribution in [1.82, 2.24) is 0 Å². The van der Waals surface area contributed by atoms with E-state index in [2.05, 4.69) is 19.9 Å². The Morgan fingerprint density at radius 1 is 0.724 bits per heavy atom. The summed E-state index contributed by atoms with van der Waals surface area (Å²) in [6.45, 7) is 4.95. The first kappa shape index (κ1) is 24.9. The number of carbonyl (C=O) groups is 2. The van der Waals surface area contributed by atoms with Gasteiger partial charge in [0.25, 0.3) is 0 Å². The Morgan fingerprint density at radius 2 is 1.28 bits per heavy atom. The van der Waals surface area contributed by atoms with Gasteiger partial charge in [0.15, 0.2) is 0 Å². The molecule has 1 rings (SSSR count). The molecule has 0 radical (unpaired) electrons. The second-order valence-electron chi connectivity index (χ2n) is 7.37. The van der Waals surface area contributed by atoms with Crippen molar-refractivity contribution in [2.45, 2.75) is 84.5 Å². The highest BCUT2D eigenvalue weighted by Crippen LogP contribution is 2.13. The average Bonchev–Trinajstić information content (AvgIpc) is 2.74. The highest BCUT2D eigenvalue weighted by molar-refractivity contribution is 6.03. The molecule has 29 heavy (non-hydrogen) atoms. The Bertz CT molecular complexity index is 607. The van der Waals surface area contributed by atoms with Crippen molar-refractivity contribution >= 4 is 11.9 Å². The molecule has 0 unspecified atom stereocenters. The van der Waals surface area contributed by atoms with Crippen molar-refractivity contribution in [3.8, 4) is 0 Å². The number of allylic oxidation sites excluding steroid dienone is 1. The SMILES string of the molecule is CCCCCCCC/C=C/COC(=O)c1ccccc1C(=O)OCCCCCC. The van der Waals surface area contributed by atoms with E-state index in [9.17, 15) is 9.59 Å². The normalized spacial score (nSPS) is 11.0. The summed E-state index contributed by atoms with van der Waals surface area (Å²) in [6.07, 6.45) is 16.7. The first-order chi connectivity index (χ1) is 14.2. The second-order valence-corrected chi connectivity index (χ2v) is 7.37. The largest absolute Gasteiger partial charge is 0.462 e. The zero-order chi connectivity index (χ0) is 21.2. The van der Waals surface area contributed by atoms with E-state index in [-0.39, 0.29) is 17.7 Å². The van der Waals surface area contributed by atoms with E-state index in [1.807, 2.05) is 6.08 Å². The highest BCUT2D eigenvalue weighted by atomic mass is 16.5. The van der Waals surface area contributed by atoms with Crippen LogP contribution < -0.4 is 0 Å². The molecular formula is C25H38O4. The third kappa shape index (κ3) is 11.5. The number of esters is 2. The van der Waals surface area contributed by atoms with Gasteiger partial charge in [-0.2, -0.15) is 0 Å². The molecule has 0 N–H and O–H groups in total. The van der Waals surface area contributed by atoms with Crippen LogP contribution in [0.25, 0.3) is 0 Å². The second kappa shape index (κ2) is 16.8. The van der Waals surface area contributed by atoms with Crippen molar-refractivity contribution in [1.29, 1.82) is 0 Å². The van der Waals surface area contributed by atoms with Crippen LogP contribution in [-0.2, 0) is 9.47 Å². The fourth-order valence-corrected chi connectivity index (χ4v) is 3.04. The minimum atomic E-state index is -0.493. The lowest BCUT2D eigenvalue weighted by atomic mass is 10.1. The van der Waals surface area contributed by atoms with Gasteiger partial charge in [0, 0.05) is 0 Å². The van der Waals surface area contributed by atoms with Crippen LogP contribution in [0, 0.1) is 0 Å². The average molecular weight is 403 g/mol. The molecule has 1 aromatic carbocycles. The lowest BCUT2D eigenvalue weighted by Gasteiger charge is -2.09. The molecule has 0 amide bonds. The van der Waals surface area contributed by atoms with Crippen LogP contribution in [0.4, 0.5) is 0 Å². The number of hydrogen-bond donors (Lipinski definition) is 0. The third-order valence-corrected chi connectivity index (χ3v) is 4.80. The van der Waals surface area contributed by atoms with Gasteiger partial charge in [0.2, 0.25) is 0 Å². The summed E-state index contributed by atoms with van der Waals surface area (Å²) in [4.78, 5) is 24.7. The molecule has 0 aliphatic carbocycles. The molecule has 0 atom stereocenters. The van der Waals surface area contributed by atoms with Gasteiger partial charge in [-0.15, -0.1) is 0 Å². The zero-order valence-corrected chi connectivity index (χ0v) is 18.3. The van der Waals surface area contributed by atoms with E-state index in [1.54, 1.807) is 24.3 Å². The summed E-state index contributed by atoms with van der Waals surface area (Å²) in [7, 11) is 0. The van der Waals surface area contributed by atoms with Gasteiger partial charge in [-0.25, -0.2) is 9.59 Å². The topological polar surface area (TPSA) is 52.6 Å². The molecule has 4 heteroatoms. The smallest absolute Gasteiger partial charge is 0.339 e. The standard InChI is InChI=1S/C25H38O4/c1-3-5-7-9-10-11-12-13-17-21-29-25(27)23-19-15-14-18-22(23)24(26)28-20-16-8-6-4-2/h13-15,17-19H,3-12,16,20-21H2,1-2H3/b17-13+. The first-order valence-electron chi connectivity index (χ1n) is 11.3. The summed E-state index contributed by atoms with van der Waals surface area (Å²) in [5.74, 6) is -0.958. The Morgan fingerprint density at radius 3 is 1.93 bits per heavy atom. The van der Waals surface area contributed by atoms with Crippen molar-refractivity contribution in [3.63, 3.8) is 0 Å². The van der Waals surface area contributed by atoms with Gasteiger partial charge < -0.3 is 9.47 Å². The van der Waals surface area contributed by atoms with E-state index in [4.69, 9.17) is 9.47 Å². The fraction of sp³-hybridized carbons (Fsp3) is 0.600. The number of hydrogen-bond acceptors (Lipinski definition) is 4. The molecule has 0 aliphatic heterocycles. The Hall–Kier alpha value is -2.10. The summed E-state index contributed by atoms with van der Waals surface area (Å²) >= 11 is 0. The molecule has 0 saturated carbocycles. The summed E-state index contributed by atoms with van der Waals surface area (Å²) < 4.78 is 10.6. The Kier molecular flexibility index (Phi) is 14.5. The van der Waals surface area contributed by atoms with E-state index < -0.39 is 11.9 Å². The predicted octanol–water partition coefficient (Wildman–Crippen LogP) is 6.89. The van der Waals surface area contributed by atoms with Crippen LogP contribution in [0.2, 0.25) is 0 Å². The Balaban J connectivity index is 2.35. The summed E-state index contributed by atoms with van der Waals surface area (Å²) in [5.41, 5.74) is 0.527. The predicted molar refractivity (Wildman–Crippen MR) is 118 cm³/mol. The molecule has 0 aliphatic rings. The van der Waals surface area contributed by atoms with Crippen LogP contribution in [-0.4, -0.2) is 25.2 Å². The van der Waals surface area contributed by atoms with Gasteiger partial charge in [0.05, 0.1) is 17.7 Å². The lowest BCUT2D eigenvalue weighted by Crippen LogP contribution is -2.14. The van der Waals surface area contributed by atoms with Crippen molar-refractivity contribution in [3.05, 3.63) is 47.5 Å². The van der Waals surface area contributed by atoms with Crippen LogP contribution in [0.5, 0.6) is 0 Å². The molecule has 0 saturated heterocycles. The first-order valence-corrected chi connectivity index (χ1v) is 11.3. The molecule has 0 fully saturated rings. The van der Waals surface area contributed by atoms with Crippen LogP contribution in [0.15, 0.2) is 36.4 Å².